The van der Waals surface area contributed by atoms with E-state index in [1.165, 1.54) is 4.90 Å². The van der Waals surface area contributed by atoms with E-state index < -0.39 is 17.1 Å². The number of hydrogen-bond acceptors (Lipinski definition) is 4. The minimum absolute atomic E-state index is 0.0525. The van der Waals surface area contributed by atoms with E-state index in [4.69, 9.17) is 32.7 Å². The van der Waals surface area contributed by atoms with Gasteiger partial charge >= 0.3 is 6.09 Å². The summed E-state index contributed by atoms with van der Waals surface area (Å²) >= 11 is 13.0. The van der Waals surface area contributed by atoms with Crippen LogP contribution in [0, 0.1) is 11.3 Å². The molecule has 0 aromatic heterocycles. The van der Waals surface area contributed by atoms with Gasteiger partial charge in [-0.1, -0.05) is 48.3 Å². The van der Waals surface area contributed by atoms with Gasteiger partial charge in [-0.25, -0.2) is 9.69 Å². The fourth-order valence-corrected chi connectivity index (χ4v) is 6.56. The molecule has 5 atom stereocenters. The third kappa shape index (κ3) is 4.65. The lowest BCUT2D eigenvalue weighted by molar-refractivity contribution is -0.137. The van der Waals surface area contributed by atoms with Crippen LogP contribution in [0.1, 0.15) is 70.4 Å². The summed E-state index contributed by atoms with van der Waals surface area (Å²) in [6.45, 7) is 9.38. The van der Waals surface area contributed by atoms with E-state index in [2.05, 4.69) is 0 Å². The SMILES string of the molecule is COc1ccc([C@@H]2CC[C@@]3(C)C(=O)N(C(=O)OC(C)(C)C)[C@H](C)[C@H]3[C@H]2c2ccc(Cl)cc2)c(Cl)c1. The van der Waals surface area contributed by atoms with E-state index >= 15 is 0 Å². The molecule has 1 aliphatic carbocycles. The Morgan fingerprint density at radius 3 is 2.34 bits per heavy atom. The molecule has 1 heterocycles. The smallest absolute Gasteiger partial charge is 0.417 e. The zero-order chi connectivity index (χ0) is 25.7. The van der Waals surface area contributed by atoms with E-state index in [-0.39, 0.29) is 29.7 Å². The predicted octanol–water partition coefficient (Wildman–Crippen LogP) is 7.45. The number of likely N-dealkylation sites (tertiary alicyclic amines) is 1. The highest BCUT2D eigenvalue weighted by atomic mass is 35.5. The summed E-state index contributed by atoms with van der Waals surface area (Å²) in [7, 11) is 1.62. The molecule has 7 heteroatoms. The van der Waals surface area contributed by atoms with E-state index in [0.717, 1.165) is 17.5 Å². The van der Waals surface area contributed by atoms with Crippen LogP contribution in [0.15, 0.2) is 42.5 Å². The second kappa shape index (κ2) is 9.33. The summed E-state index contributed by atoms with van der Waals surface area (Å²) in [5.74, 6) is 0.413. The summed E-state index contributed by atoms with van der Waals surface area (Å²) in [5.41, 5.74) is 0.703. The van der Waals surface area contributed by atoms with Crippen molar-refractivity contribution in [3.63, 3.8) is 0 Å². The molecule has 0 radical (unpaired) electrons. The number of hydrogen-bond donors (Lipinski definition) is 0. The Hall–Kier alpha value is -2.24. The Labute approximate surface area is 217 Å². The average molecular weight is 518 g/mol. The number of benzene rings is 2. The van der Waals surface area contributed by atoms with Crippen LogP contribution in [0.4, 0.5) is 4.79 Å². The van der Waals surface area contributed by atoms with Crippen molar-refractivity contribution in [1.29, 1.82) is 0 Å². The average Bonchev–Trinajstić information content (AvgIpc) is 2.98. The lowest BCUT2D eigenvalue weighted by Crippen LogP contribution is -2.43. The van der Waals surface area contributed by atoms with Gasteiger partial charge in [-0.05, 0) is 87.8 Å². The molecule has 188 valence electrons. The molecule has 0 bridgehead atoms. The fourth-order valence-electron chi connectivity index (χ4n) is 6.12. The van der Waals surface area contributed by atoms with E-state index in [1.807, 2.05) is 77.1 Å². The predicted molar refractivity (Wildman–Crippen MR) is 138 cm³/mol. The van der Waals surface area contributed by atoms with Gasteiger partial charge in [-0.3, -0.25) is 4.79 Å². The monoisotopic (exact) mass is 517 g/mol. The van der Waals surface area contributed by atoms with Crippen molar-refractivity contribution >= 4 is 35.2 Å². The van der Waals surface area contributed by atoms with Crippen molar-refractivity contribution in [2.75, 3.05) is 7.11 Å². The maximum absolute atomic E-state index is 13.8. The fraction of sp³-hybridized carbons (Fsp3) is 0.500. The Morgan fingerprint density at radius 2 is 1.77 bits per heavy atom. The highest BCUT2D eigenvalue weighted by Gasteiger charge is 2.62. The van der Waals surface area contributed by atoms with Crippen LogP contribution in [0.3, 0.4) is 0 Å². The third-order valence-corrected chi connectivity index (χ3v) is 8.20. The van der Waals surface area contributed by atoms with E-state index in [0.29, 0.717) is 22.2 Å². The highest BCUT2D eigenvalue weighted by Crippen LogP contribution is 2.61. The second-order valence-electron chi connectivity index (χ2n) is 10.9. The number of nitrogens with zero attached hydrogens (tertiary/aromatic N) is 1. The zero-order valence-electron chi connectivity index (χ0n) is 21.1. The Morgan fingerprint density at radius 1 is 1.11 bits per heavy atom. The van der Waals surface area contributed by atoms with Crippen molar-refractivity contribution in [1.82, 2.24) is 4.90 Å². The summed E-state index contributed by atoms with van der Waals surface area (Å²) in [6, 6.07) is 13.2. The maximum Gasteiger partial charge on any atom is 0.417 e. The van der Waals surface area contributed by atoms with Gasteiger partial charge in [0, 0.05) is 22.0 Å². The van der Waals surface area contributed by atoms with Crippen molar-refractivity contribution in [3.05, 3.63) is 63.6 Å². The number of methoxy groups -OCH3 is 1. The highest BCUT2D eigenvalue weighted by molar-refractivity contribution is 6.31. The van der Waals surface area contributed by atoms with Crippen LogP contribution in [0.2, 0.25) is 10.0 Å². The number of rotatable bonds is 3. The van der Waals surface area contributed by atoms with Gasteiger partial charge in [0.1, 0.15) is 11.4 Å². The first-order valence-corrected chi connectivity index (χ1v) is 12.8. The first kappa shape index (κ1) is 25.8. The molecular weight excluding hydrogens is 485 g/mol. The molecule has 2 aromatic rings. The molecular formula is C28H33Cl2NO4. The molecule has 2 aromatic carbocycles. The Kier molecular flexibility index (Phi) is 6.89. The topological polar surface area (TPSA) is 55.8 Å². The normalized spacial score (nSPS) is 28.6. The lowest BCUT2D eigenvalue weighted by Gasteiger charge is -2.46. The number of carbonyl (C=O) groups excluding carboxylic acids is 2. The number of imide groups is 1. The van der Waals surface area contributed by atoms with E-state index in [1.54, 1.807) is 7.11 Å². The van der Waals surface area contributed by atoms with Gasteiger partial charge in [0.25, 0.3) is 0 Å². The molecule has 1 saturated carbocycles. The van der Waals surface area contributed by atoms with Crippen molar-refractivity contribution in [2.24, 2.45) is 11.3 Å². The number of carbonyl (C=O) groups is 2. The zero-order valence-corrected chi connectivity index (χ0v) is 22.6. The summed E-state index contributed by atoms with van der Waals surface area (Å²) in [5, 5.41) is 1.29. The summed E-state index contributed by atoms with van der Waals surface area (Å²) < 4.78 is 11.0. The number of ether oxygens (including phenoxy) is 2. The summed E-state index contributed by atoms with van der Waals surface area (Å²) in [6.07, 6.45) is 0.823. The quantitative estimate of drug-likeness (QED) is 0.424. The van der Waals surface area contributed by atoms with Crippen molar-refractivity contribution in [2.45, 2.75) is 70.9 Å². The van der Waals surface area contributed by atoms with Crippen molar-refractivity contribution in [3.8, 4) is 5.75 Å². The summed E-state index contributed by atoms with van der Waals surface area (Å²) in [4.78, 5) is 28.3. The largest absolute Gasteiger partial charge is 0.497 e. The molecule has 2 fully saturated rings. The minimum atomic E-state index is -0.698. The molecule has 0 spiro atoms. The van der Waals surface area contributed by atoms with E-state index in [9.17, 15) is 9.59 Å². The number of halogens is 2. The van der Waals surface area contributed by atoms with Gasteiger partial charge in [-0.15, -0.1) is 0 Å². The molecule has 4 rings (SSSR count). The molecule has 2 amide bonds. The van der Waals surface area contributed by atoms with Crippen LogP contribution < -0.4 is 4.74 Å². The van der Waals surface area contributed by atoms with Gasteiger partial charge in [0.05, 0.1) is 12.5 Å². The van der Waals surface area contributed by atoms with Crippen molar-refractivity contribution < 1.29 is 19.1 Å². The van der Waals surface area contributed by atoms with Crippen LogP contribution >= 0.6 is 23.2 Å². The van der Waals surface area contributed by atoms with Crippen LogP contribution in [-0.2, 0) is 9.53 Å². The molecule has 1 aliphatic heterocycles. The number of fused-ring (bicyclic) bond motifs is 1. The molecule has 2 aliphatic rings. The lowest BCUT2D eigenvalue weighted by atomic mass is 9.56. The second-order valence-corrected chi connectivity index (χ2v) is 11.8. The van der Waals surface area contributed by atoms with Gasteiger partial charge in [-0.2, -0.15) is 0 Å². The number of amides is 2. The van der Waals surface area contributed by atoms with Crippen LogP contribution in [-0.4, -0.2) is 35.7 Å². The standard InChI is InChI=1S/C28H33Cl2NO4/c1-16-24-23(17-7-9-18(29)10-8-17)21(20-12-11-19(34-6)15-22(20)30)13-14-28(24,5)25(32)31(16)26(33)35-27(2,3)4/h7-12,15-16,21,23-24H,13-14H2,1-6H3/t16-,21+,23+,24+,28-/m1/s1. The molecule has 0 unspecified atom stereocenters. The molecule has 0 N–H and O–H groups in total. The molecule has 1 saturated heterocycles. The molecule has 5 nitrogen and oxygen atoms in total. The Bertz CT molecular complexity index is 1130. The molecule has 35 heavy (non-hydrogen) atoms. The van der Waals surface area contributed by atoms with Crippen LogP contribution in [0.25, 0.3) is 0 Å². The van der Waals surface area contributed by atoms with Gasteiger partial charge in [0.2, 0.25) is 5.91 Å². The van der Waals surface area contributed by atoms with Gasteiger partial charge < -0.3 is 9.47 Å². The maximum atomic E-state index is 13.8. The van der Waals surface area contributed by atoms with Gasteiger partial charge in [0.15, 0.2) is 0 Å². The first-order chi connectivity index (χ1) is 16.4. The minimum Gasteiger partial charge on any atom is -0.497 e. The Balaban J connectivity index is 1.82. The third-order valence-electron chi connectivity index (χ3n) is 7.62. The first-order valence-electron chi connectivity index (χ1n) is 12.0. The van der Waals surface area contributed by atoms with Crippen LogP contribution in [0.5, 0.6) is 5.75 Å².